The molecular formula is C21H26N4O5S. The van der Waals surface area contributed by atoms with Crippen molar-refractivity contribution in [1.29, 1.82) is 0 Å². The molecule has 0 spiro atoms. The van der Waals surface area contributed by atoms with Gasteiger partial charge in [0.15, 0.2) is 0 Å². The number of piperazine rings is 1. The number of amides is 1. The third kappa shape index (κ3) is 4.70. The monoisotopic (exact) mass is 446 g/mol. The minimum Gasteiger partial charge on any atom is -0.362 e. The van der Waals surface area contributed by atoms with Gasteiger partial charge in [0.05, 0.1) is 9.82 Å². The highest BCUT2D eigenvalue weighted by Crippen LogP contribution is 2.32. The van der Waals surface area contributed by atoms with E-state index in [4.69, 9.17) is 0 Å². The van der Waals surface area contributed by atoms with E-state index in [-0.39, 0.29) is 29.6 Å². The number of nitro benzene ring substituents is 1. The molecule has 3 rings (SSSR count). The molecule has 0 unspecified atom stereocenters. The maximum atomic E-state index is 12.8. The van der Waals surface area contributed by atoms with E-state index >= 15 is 0 Å². The summed E-state index contributed by atoms with van der Waals surface area (Å²) in [5.41, 5.74) is 0.708. The molecule has 9 nitrogen and oxygen atoms in total. The van der Waals surface area contributed by atoms with Crippen LogP contribution in [-0.2, 0) is 10.0 Å². The van der Waals surface area contributed by atoms with Gasteiger partial charge in [0.1, 0.15) is 5.69 Å². The fourth-order valence-corrected chi connectivity index (χ4v) is 5.18. The zero-order valence-electron chi connectivity index (χ0n) is 17.6. The van der Waals surface area contributed by atoms with Gasteiger partial charge in [0, 0.05) is 50.9 Å². The van der Waals surface area contributed by atoms with Crippen molar-refractivity contribution >= 4 is 27.3 Å². The van der Waals surface area contributed by atoms with E-state index in [1.54, 1.807) is 43.0 Å². The number of carbonyl (C=O) groups excluding carboxylic acids is 1. The molecule has 0 aromatic heterocycles. The quantitative estimate of drug-likeness (QED) is 0.478. The Morgan fingerprint density at radius 3 is 2.19 bits per heavy atom. The maximum Gasteiger partial charge on any atom is 0.293 e. The summed E-state index contributed by atoms with van der Waals surface area (Å²) in [5.74, 6) is -0.0737. The summed E-state index contributed by atoms with van der Waals surface area (Å²) in [6.45, 7) is 5.69. The number of hydrogen-bond donors (Lipinski definition) is 0. The molecule has 166 valence electrons. The number of hydrogen-bond acceptors (Lipinski definition) is 6. The summed E-state index contributed by atoms with van der Waals surface area (Å²) in [4.78, 5) is 27.2. The van der Waals surface area contributed by atoms with Gasteiger partial charge in [0.2, 0.25) is 10.0 Å². The van der Waals surface area contributed by atoms with Gasteiger partial charge in [-0.15, -0.1) is 0 Å². The molecule has 1 aliphatic rings. The van der Waals surface area contributed by atoms with Crippen LogP contribution >= 0.6 is 0 Å². The predicted octanol–water partition coefficient (Wildman–Crippen LogP) is 2.59. The molecular weight excluding hydrogens is 420 g/mol. The van der Waals surface area contributed by atoms with Crippen LogP contribution in [0.2, 0.25) is 0 Å². The van der Waals surface area contributed by atoms with Crippen molar-refractivity contribution < 1.29 is 18.1 Å². The van der Waals surface area contributed by atoms with Gasteiger partial charge >= 0.3 is 0 Å². The van der Waals surface area contributed by atoms with Crippen molar-refractivity contribution in [2.45, 2.75) is 18.7 Å². The highest BCUT2D eigenvalue weighted by atomic mass is 32.2. The van der Waals surface area contributed by atoms with E-state index in [0.29, 0.717) is 37.4 Å². The van der Waals surface area contributed by atoms with Crippen molar-refractivity contribution in [2.75, 3.05) is 44.2 Å². The van der Waals surface area contributed by atoms with Crippen molar-refractivity contribution in [3.05, 3.63) is 64.2 Å². The van der Waals surface area contributed by atoms with Crippen molar-refractivity contribution in [2.24, 2.45) is 0 Å². The van der Waals surface area contributed by atoms with Gasteiger partial charge in [-0.1, -0.05) is 32.0 Å². The third-order valence-corrected chi connectivity index (χ3v) is 7.46. The first-order valence-corrected chi connectivity index (χ1v) is 11.6. The van der Waals surface area contributed by atoms with Crippen LogP contribution < -0.4 is 4.90 Å². The van der Waals surface area contributed by atoms with Crippen LogP contribution in [-0.4, -0.2) is 67.7 Å². The van der Waals surface area contributed by atoms with Gasteiger partial charge < -0.3 is 9.80 Å². The van der Waals surface area contributed by atoms with Crippen molar-refractivity contribution in [3.8, 4) is 0 Å². The van der Waals surface area contributed by atoms with Crippen LogP contribution in [0, 0.1) is 10.1 Å². The molecule has 0 saturated carbocycles. The summed E-state index contributed by atoms with van der Waals surface area (Å²) in [6, 6.07) is 13.0. The molecule has 0 N–H and O–H groups in total. The predicted molar refractivity (Wildman–Crippen MR) is 118 cm³/mol. The molecule has 2 aromatic rings. The SMILES string of the molecule is CCN(CC)S(=O)(=O)c1ccc(N2CCN(C(=O)c3ccccc3)CC2)c([N+](=O)[O-])c1. The van der Waals surface area contributed by atoms with Crippen LogP contribution in [0.15, 0.2) is 53.4 Å². The van der Waals surface area contributed by atoms with Crippen LogP contribution in [0.25, 0.3) is 0 Å². The van der Waals surface area contributed by atoms with Crippen LogP contribution in [0.4, 0.5) is 11.4 Å². The minimum absolute atomic E-state index is 0.0737. The zero-order chi connectivity index (χ0) is 22.6. The highest BCUT2D eigenvalue weighted by molar-refractivity contribution is 7.89. The molecule has 1 amide bonds. The standard InChI is InChI=1S/C21H26N4O5S/c1-3-24(4-2)31(29,30)18-10-11-19(20(16-18)25(27)28)22-12-14-23(15-13-22)21(26)17-8-6-5-7-9-17/h5-11,16H,3-4,12-15H2,1-2H3. The Balaban J connectivity index is 1.81. The average molecular weight is 447 g/mol. The van der Waals surface area contributed by atoms with Gasteiger partial charge in [-0.05, 0) is 24.3 Å². The van der Waals surface area contributed by atoms with Gasteiger partial charge in [-0.2, -0.15) is 4.31 Å². The lowest BCUT2D eigenvalue weighted by Crippen LogP contribution is -2.49. The number of rotatable bonds is 7. The van der Waals surface area contributed by atoms with Gasteiger partial charge in [0.25, 0.3) is 11.6 Å². The first-order chi connectivity index (χ1) is 14.8. The summed E-state index contributed by atoms with van der Waals surface area (Å²) in [6.07, 6.45) is 0. The Hall–Kier alpha value is -2.98. The van der Waals surface area contributed by atoms with E-state index in [9.17, 15) is 23.3 Å². The first kappa shape index (κ1) is 22.7. The Labute approximate surface area is 182 Å². The largest absolute Gasteiger partial charge is 0.362 e. The first-order valence-electron chi connectivity index (χ1n) is 10.2. The Bertz CT molecular complexity index is 1050. The highest BCUT2D eigenvalue weighted by Gasteiger charge is 2.29. The lowest BCUT2D eigenvalue weighted by Gasteiger charge is -2.36. The molecule has 1 heterocycles. The maximum absolute atomic E-state index is 12.8. The molecule has 1 aliphatic heterocycles. The van der Waals surface area contributed by atoms with E-state index in [0.717, 1.165) is 6.07 Å². The average Bonchev–Trinajstić information content (AvgIpc) is 2.79. The Morgan fingerprint density at radius 1 is 1.03 bits per heavy atom. The Kier molecular flexibility index (Phi) is 6.91. The fourth-order valence-electron chi connectivity index (χ4n) is 3.70. The second-order valence-electron chi connectivity index (χ2n) is 7.14. The van der Waals surface area contributed by atoms with E-state index < -0.39 is 14.9 Å². The number of carbonyl (C=O) groups is 1. The minimum atomic E-state index is -3.80. The van der Waals surface area contributed by atoms with Crippen LogP contribution in [0.5, 0.6) is 0 Å². The van der Waals surface area contributed by atoms with E-state index in [2.05, 4.69) is 0 Å². The fraction of sp³-hybridized carbons (Fsp3) is 0.381. The third-order valence-electron chi connectivity index (χ3n) is 5.42. The topological polar surface area (TPSA) is 104 Å². The molecule has 0 bridgehead atoms. The summed E-state index contributed by atoms with van der Waals surface area (Å²) in [7, 11) is -3.80. The summed E-state index contributed by atoms with van der Waals surface area (Å²) < 4.78 is 26.8. The van der Waals surface area contributed by atoms with E-state index in [1.807, 2.05) is 11.0 Å². The molecule has 0 radical (unpaired) electrons. The van der Waals surface area contributed by atoms with Crippen molar-refractivity contribution in [3.63, 3.8) is 0 Å². The summed E-state index contributed by atoms with van der Waals surface area (Å²) >= 11 is 0. The molecule has 31 heavy (non-hydrogen) atoms. The molecule has 1 saturated heterocycles. The number of sulfonamides is 1. The lowest BCUT2D eigenvalue weighted by molar-refractivity contribution is -0.384. The van der Waals surface area contributed by atoms with Crippen LogP contribution in [0.3, 0.4) is 0 Å². The smallest absolute Gasteiger partial charge is 0.293 e. The molecule has 10 heteroatoms. The van der Waals surface area contributed by atoms with E-state index in [1.165, 1.54) is 16.4 Å². The molecule has 2 aromatic carbocycles. The normalized spacial score (nSPS) is 14.7. The van der Waals surface area contributed by atoms with Crippen molar-refractivity contribution in [1.82, 2.24) is 9.21 Å². The zero-order valence-corrected chi connectivity index (χ0v) is 18.4. The van der Waals surface area contributed by atoms with Gasteiger partial charge in [-0.25, -0.2) is 8.42 Å². The molecule has 0 aliphatic carbocycles. The second kappa shape index (κ2) is 9.44. The lowest BCUT2D eigenvalue weighted by atomic mass is 10.1. The number of anilines is 1. The van der Waals surface area contributed by atoms with Gasteiger partial charge in [-0.3, -0.25) is 14.9 Å². The number of benzene rings is 2. The van der Waals surface area contributed by atoms with Crippen LogP contribution in [0.1, 0.15) is 24.2 Å². The molecule has 1 fully saturated rings. The summed E-state index contributed by atoms with van der Waals surface area (Å²) in [5, 5.41) is 11.7. The Morgan fingerprint density at radius 2 is 1.65 bits per heavy atom. The second-order valence-corrected chi connectivity index (χ2v) is 9.08. The molecule has 0 atom stereocenters. The number of nitrogens with zero attached hydrogens (tertiary/aromatic N) is 4. The number of nitro groups is 1.